The minimum absolute atomic E-state index is 0.0712. The molecule has 20 heavy (non-hydrogen) atoms. The van der Waals surface area contributed by atoms with E-state index in [0.29, 0.717) is 5.92 Å². The molecule has 0 bridgehead atoms. The van der Waals surface area contributed by atoms with E-state index >= 15 is 0 Å². The summed E-state index contributed by atoms with van der Waals surface area (Å²) in [6.07, 6.45) is 5.31. The summed E-state index contributed by atoms with van der Waals surface area (Å²) in [5.74, 6) is 1.61. The van der Waals surface area contributed by atoms with Gasteiger partial charge in [-0.3, -0.25) is 0 Å². The van der Waals surface area contributed by atoms with Crippen LogP contribution in [-0.2, 0) is 6.42 Å². The second-order valence-electron chi connectivity index (χ2n) is 6.43. The van der Waals surface area contributed by atoms with Gasteiger partial charge in [0.15, 0.2) is 0 Å². The van der Waals surface area contributed by atoms with Gasteiger partial charge < -0.3 is 5.32 Å². The molecule has 0 aliphatic heterocycles. The maximum Gasteiger partial charge on any atom is 0.126 e. The Labute approximate surface area is 127 Å². The van der Waals surface area contributed by atoms with Crippen LogP contribution in [0.4, 0.5) is 4.39 Å². The monoisotopic (exact) mass is 297 g/mol. The van der Waals surface area contributed by atoms with Crippen molar-refractivity contribution in [1.82, 2.24) is 5.32 Å². The Hall–Kier alpha value is -0.540. The SMILES string of the molecule is CSCCCC(CNC(C)(C)C)Cc1ccccc1F. The maximum atomic E-state index is 13.8. The minimum Gasteiger partial charge on any atom is -0.312 e. The first-order chi connectivity index (χ1) is 9.42. The average Bonchev–Trinajstić information content (AvgIpc) is 2.37. The van der Waals surface area contributed by atoms with Crippen molar-refractivity contribution < 1.29 is 4.39 Å². The molecular formula is C17H28FNS. The number of hydrogen-bond acceptors (Lipinski definition) is 2. The quantitative estimate of drug-likeness (QED) is 0.708. The average molecular weight is 297 g/mol. The van der Waals surface area contributed by atoms with E-state index in [0.717, 1.165) is 24.9 Å². The molecule has 0 amide bonds. The molecule has 1 aromatic rings. The zero-order chi connectivity index (χ0) is 15.0. The van der Waals surface area contributed by atoms with E-state index < -0.39 is 0 Å². The largest absolute Gasteiger partial charge is 0.312 e. The molecule has 1 nitrogen and oxygen atoms in total. The molecule has 0 aliphatic rings. The van der Waals surface area contributed by atoms with E-state index in [-0.39, 0.29) is 11.4 Å². The Morgan fingerprint density at radius 1 is 1.25 bits per heavy atom. The number of thioether (sulfide) groups is 1. The van der Waals surface area contributed by atoms with Crippen LogP contribution in [0.5, 0.6) is 0 Å². The lowest BCUT2D eigenvalue weighted by molar-refractivity contribution is 0.353. The third-order valence-corrected chi connectivity index (χ3v) is 4.05. The highest BCUT2D eigenvalue weighted by Gasteiger charge is 2.16. The van der Waals surface area contributed by atoms with Crippen LogP contribution in [0.15, 0.2) is 24.3 Å². The molecule has 1 aromatic carbocycles. The lowest BCUT2D eigenvalue weighted by atomic mass is 9.93. The molecule has 0 spiro atoms. The third kappa shape index (κ3) is 7.30. The molecule has 3 heteroatoms. The van der Waals surface area contributed by atoms with Crippen molar-refractivity contribution in [2.24, 2.45) is 5.92 Å². The second kappa shape index (κ2) is 8.68. The van der Waals surface area contributed by atoms with Gasteiger partial charge >= 0.3 is 0 Å². The van der Waals surface area contributed by atoms with Crippen molar-refractivity contribution in [1.29, 1.82) is 0 Å². The summed E-state index contributed by atoms with van der Waals surface area (Å²) in [5.41, 5.74) is 0.963. The number of nitrogens with one attached hydrogen (secondary N) is 1. The molecule has 0 heterocycles. The van der Waals surface area contributed by atoms with Crippen LogP contribution in [0, 0.1) is 11.7 Å². The van der Waals surface area contributed by atoms with Crippen molar-refractivity contribution in [3.8, 4) is 0 Å². The Balaban J connectivity index is 2.59. The fraction of sp³-hybridized carbons (Fsp3) is 0.647. The highest BCUT2D eigenvalue weighted by atomic mass is 32.2. The van der Waals surface area contributed by atoms with Gasteiger partial charge in [0.25, 0.3) is 0 Å². The van der Waals surface area contributed by atoms with Crippen molar-refractivity contribution in [2.75, 3.05) is 18.6 Å². The van der Waals surface area contributed by atoms with Gasteiger partial charge in [0.1, 0.15) is 5.82 Å². The number of hydrogen-bond donors (Lipinski definition) is 1. The van der Waals surface area contributed by atoms with E-state index in [1.54, 1.807) is 12.1 Å². The first-order valence-electron chi connectivity index (χ1n) is 7.40. The van der Waals surface area contributed by atoms with E-state index in [9.17, 15) is 4.39 Å². The van der Waals surface area contributed by atoms with Crippen molar-refractivity contribution in [2.45, 2.75) is 45.6 Å². The molecule has 0 aromatic heterocycles. The second-order valence-corrected chi connectivity index (χ2v) is 7.41. The van der Waals surface area contributed by atoms with Crippen LogP contribution in [0.1, 0.15) is 39.2 Å². The van der Waals surface area contributed by atoms with E-state index in [4.69, 9.17) is 0 Å². The van der Waals surface area contributed by atoms with Gasteiger partial charge in [0.2, 0.25) is 0 Å². The van der Waals surface area contributed by atoms with Crippen LogP contribution in [-0.4, -0.2) is 24.1 Å². The van der Waals surface area contributed by atoms with E-state index in [1.165, 1.54) is 12.2 Å². The first-order valence-corrected chi connectivity index (χ1v) is 8.79. The summed E-state index contributed by atoms with van der Waals surface area (Å²) in [6, 6.07) is 7.16. The number of rotatable bonds is 8. The highest BCUT2D eigenvalue weighted by molar-refractivity contribution is 7.98. The summed E-state index contributed by atoms with van der Waals surface area (Å²) in [4.78, 5) is 0. The standard InChI is InChI=1S/C17H28FNS/c1-17(2,3)19-13-14(8-7-11-20-4)12-15-9-5-6-10-16(15)18/h5-6,9-10,14,19H,7-8,11-13H2,1-4H3. The Bertz CT molecular complexity index is 387. The predicted octanol–water partition coefficient (Wildman–Crippen LogP) is 4.52. The zero-order valence-electron chi connectivity index (χ0n) is 13.2. The van der Waals surface area contributed by atoms with Crippen LogP contribution in [0.2, 0.25) is 0 Å². The molecule has 0 radical (unpaired) electrons. The lowest BCUT2D eigenvalue weighted by Crippen LogP contribution is -2.39. The lowest BCUT2D eigenvalue weighted by Gasteiger charge is -2.25. The van der Waals surface area contributed by atoms with Gasteiger partial charge in [-0.2, -0.15) is 11.8 Å². The molecule has 1 unspecified atom stereocenters. The Kier molecular flexibility index (Phi) is 7.60. The zero-order valence-corrected chi connectivity index (χ0v) is 14.0. The fourth-order valence-electron chi connectivity index (χ4n) is 2.22. The van der Waals surface area contributed by atoms with Gasteiger partial charge in [-0.15, -0.1) is 0 Å². The van der Waals surface area contributed by atoms with Crippen LogP contribution in [0.3, 0.4) is 0 Å². The Morgan fingerprint density at radius 3 is 2.55 bits per heavy atom. The highest BCUT2D eigenvalue weighted by Crippen LogP contribution is 2.18. The summed E-state index contributed by atoms with van der Waals surface area (Å²) in [5, 5.41) is 3.56. The molecule has 0 saturated heterocycles. The molecule has 0 fully saturated rings. The smallest absolute Gasteiger partial charge is 0.126 e. The normalized spacial score (nSPS) is 13.4. The van der Waals surface area contributed by atoms with Crippen molar-refractivity contribution in [3.63, 3.8) is 0 Å². The van der Waals surface area contributed by atoms with Crippen LogP contribution in [0.25, 0.3) is 0 Å². The fourth-order valence-corrected chi connectivity index (χ4v) is 2.67. The summed E-state index contributed by atoms with van der Waals surface area (Å²) in [7, 11) is 0. The summed E-state index contributed by atoms with van der Waals surface area (Å²) >= 11 is 1.88. The van der Waals surface area contributed by atoms with Gasteiger partial charge in [0, 0.05) is 5.54 Å². The van der Waals surface area contributed by atoms with Crippen LogP contribution >= 0.6 is 11.8 Å². The minimum atomic E-state index is -0.0712. The van der Waals surface area contributed by atoms with Gasteiger partial charge in [-0.1, -0.05) is 18.2 Å². The predicted molar refractivity (Wildman–Crippen MR) is 89.0 cm³/mol. The van der Waals surface area contributed by atoms with Crippen molar-refractivity contribution in [3.05, 3.63) is 35.6 Å². The number of benzene rings is 1. The van der Waals surface area contributed by atoms with Crippen LogP contribution < -0.4 is 5.32 Å². The Morgan fingerprint density at radius 2 is 1.95 bits per heavy atom. The third-order valence-electron chi connectivity index (χ3n) is 3.35. The first kappa shape index (κ1) is 17.5. The summed E-state index contributed by atoms with van der Waals surface area (Å²) < 4.78 is 13.8. The number of halogens is 1. The van der Waals surface area contributed by atoms with Gasteiger partial charge in [0.05, 0.1) is 0 Å². The molecular weight excluding hydrogens is 269 g/mol. The molecule has 1 atom stereocenters. The summed E-state index contributed by atoms with van der Waals surface area (Å²) in [6.45, 7) is 7.48. The maximum absolute atomic E-state index is 13.8. The molecule has 0 saturated carbocycles. The molecule has 1 N–H and O–H groups in total. The van der Waals surface area contributed by atoms with E-state index in [2.05, 4.69) is 32.3 Å². The molecule has 1 rings (SSSR count). The molecule has 114 valence electrons. The molecule has 0 aliphatic carbocycles. The van der Waals surface area contributed by atoms with Gasteiger partial charge in [-0.05, 0) is 76.1 Å². The topological polar surface area (TPSA) is 12.0 Å². The van der Waals surface area contributed by atoms with Gasteiger partial charge in [-0.25, -0.2) is 4.39 Å². The van der Waals surface area contributed by atoms with E-state index in [1.807, 2.05) is 23.9 Å². The van der Waals surface area contributed by atoms with Crippen molar-refractivity contribution >= 4 is 11.8 Å².